The fourth-order valence-corrected chi connectivity index (χ4v) is 5.96. The molecule has 5 rings (SSSR count). The zero-order valence-electron chi connectivity index (χ0n) is 23.2. The SMILES string of the molecule is C=C/C(=C\n1ccnc1C)c1ccc(-c2cc3nnn(C4CC(C)(C)NC(C)(C)C4)c3nc2CC)c(O)c1. The van der Waals surface area contributed by atoms with Crippen molar-refractivity contribution >= 4 is 22.9 Å². The van der Waals surface area contributed by atoms with Crippen LogP contribution in [0.25, 0.3) is 34.1 Å². The first kappa shape index (κ1) is 25.9. The lowest BCUT2D eigenvalue weighted by atomic mass is 9.79. The molecule has 8 heteroatoms. The fraction of sp³-hybridized carbons (Fsp3) is 0.400. The van der Waals surface area contributed by atoms with Crippen molar-refractivity contribution in [3.63, 3.8) is 0 Å². The number of aryl methyl sites for hydroxylation is 2. The van der Waals surface area contributed by atoms with E-state index in [1.54, 1.807) is 18.3 Å². The highest BCUT2D eigenvalue weighted by molar-refractivity contribution is 5.87. The summed E-state index contributed by atoms with van der Waals surface area (Å²) in [6.45, 7) is 16.9. The molecule has 198 valence electrons. The second-order valence-corrected chi connectivity index (χ2v) is 11.6. The molecule has 8 nitrogen and oxygen atoms in total. The van der Waals surface area contributed by atoms with Crippen LogP contribution in [0.4, 0.5) is 0 Å². The lowest BCUT2D eigenvalue weighted by Gasteiger charge is -2.46. The molecule has 0 bridgehead atoms. The molecule has 1 aliphatic rings. The van der Waals surface area contributed by atoms with Crippen molar-refractivity contribution in [2.45, 2.75) is 77.9 Å². The second kappa shape index (κ2) is 9.51. The summed E-state index contributed by atoms with van der Waals surface area (Å²) in [7, 11) is 0. The van der Waals surface area contributed by atoms with Crippen molar-refractivity contribution in [1.29, 1.82) is 0 Å². The van der Waals surface area contributed by atoms with Gasteiger partial charge in [-0.15, -0.1) is 5.10 Å². The van der Waals surface area contributed by atoms with Gasteiger partial charge in [0.2, 0.25) is 0 Å². The van der Waals surface area contributed by atoms with Crippen LogP contribution in [-0.4, -0.2) is 45.7 Å². The van der Waals surface area contributed by atoms with Crippen LogP contribution in [-0.2, 0) is 6.42 Å². The first-order valence-electron chi connectivity index (χ1n) is 13.2. The van der Waals surface area contributed by atoms with Gasteiger partial charge in [0.05, 0.1) is 11.7 Å². The zero-order valence-corrected chi connectivity index (χ0v) is 23.2. The molecular formula is C30H37N7O. The van der Waals surface area contributed by atoms with Gasteiger partial charge < -0.3 is 15.0 Å². The molecule has 3 aromatic heterocycles. The minimum atomic E-state index is -0.0128. The Labute approximate surface area is 224 Å². The number of fused-ring (bicyclic) bond motifs is 1. The Morgan fingerprint density at radius 1 is 1.16 bits per heavy atom. The maximum absolute atomic E-state index is 11.1. The van der Waals surface area contributed by atoms with Crippen LogP contribution in [0.3, 0.4) is 0 Å². The van der Waals surface area contributed by atoms with Gasteiger partial charge in [-0.3, -0.25) is 0 Å². The summed E-state index contributed by atoms with van der Waals surface area (Å²) in [5, 5.41) is 23.9. The molecule has 0 amide bonds. The van der Waals surface area contributed by atoms with Crippen molar-refractivity contribution in [2.75, 3.05) is 0 Å². The third kappa shape index (κ3) is 4.88. The summed E-state index contributed by atoms with van der Waals surface area (Å²) in [5.41, 5.74) is 5.76. The van der Waals surface area contributed by atoms with Crippen molar-refractivity contribution in [1.82, 2.24) is 34.8 Å². The summed E-state index contributed by atoms with van der Waals surface area (Å²) < 4.78 is 3.94. The van der Waals surface area contributed by atoms with Gasteiger partial charge in [-0.1, -0.05) is 30.9 Å². The van der Waals surface area contributed by atoms with E-state index >= 15 is 0 Å². The van der Waals surface area contributed by atoms with Gasteiger partial charge in [0.15, 0.2) is 5.65 Å². The molecule has 1 aliphatic heterocycles. The summed E-state index contributed by atoms with van der Waals surface area (Å²) in [5.74, 6) is 1.06. The van der Waals surface area contributed by atoms with Crippen LogP contribution in [0.5, 0.6) is 5.75 Å². The van der Waals surface area contributed by atoms with Crippen LogP contribution in [0.15, 0.2) is 49.3 Å². The largest absolute Gasteiger partial charge is 0.507 e. The smallest absolute Gasteiger partial charge is 0.179 e. The van der Waals surface area contributed by atoms with E-state index < -0.39 is 0 Å². The van der Waals surface area contributed by atoms with E-state index in [2.05, 4.69) is 61.8 Å². The number of aromatic hydroxyl groups is 1. The molecule has 4 aromatic rings. The molecule has 1 aromatic carbocycles. The lowest BCUT2D eigenvalue weighted by Crippen LogP contribution is -2.58. The average molecular weight is 512 g/mol. The minimum Gasteiger partial charge on any atom is -0.507 e. The predicted octanol–water partition coefficient (Wildman–Crippen LogP) is 5.93. The summed E-state index contributed by atoms with van der Waals surface area (Å²) in [6.07, 6.45) is 9.99. The van der Waals surface area contributed by atoms with E-state index in [1.807, 2.05) is 46.8 Å². The monoisotopic (exact) mass is 511 g/mol. The number of nitrogens with one attached hydrogen (secondary N) is 1. The van der Waals surface area contributed by atoms with Crippen LogP contribution < -0.4 is 5.32 Å². The second-order valence-electron chi connectivity index (χ2n) is 11.6. The van der Waals surface area contributed by atoms with E-state index in [0.717, 1.165) is 64.2 Å². The Bertz CT molecular complexity index is 1520. The molecule has 0 unspecified atom stereocenters. The minimum absolute atomic E-state index is 0.0128. The van der Waals surface area contributed by atoms with Gasteiger partial charge in [-0.25, -0.2) is 14.6 Å². The van der Waals surface area contributed by atoms with Crippen molar-refractivity contribution < 1.29 is 5.11 Å². The van der Waals surface area contributed by atoms with E-state index in [4.69, 9.17) is 4.98 Å². The normalized spacial score (nSPS) is 17.7. The number of benzene rings is 1. The number of piperidine rings is 1. The molecule has 0 atom stereocenters. The van der Waals surface area contributed by atoms with E-state index in [-0.39, 0.29) is 22.9 Å². The zero-order chi connectivity index (χ0) is 27.2. The van der Waals surface area contributed by atoms with Gasteiger partial charge in [0.1, 0.15) is 17.1 Å². The maximum atomic E-state index is 11.1. The molecule has 0 radical (unpaired) electrons. The molecular weight excluding hydrogens is 474 g/mol. The highest BCUT2D eigenvalue weighted by atomic mass is 16.3. The third-order valence-electron chi connectivity index (χ3n) is 7.36. The number of hydrogen-bond donors (Lipinski definition) is 2. The number of pyridine rings is 1. The van der Waals surface area contributed by atoms with E-state index in [1.165, 1.54) is 0 Å². The first-order chi connectivity index (χ1) is 18.0. The molecule has 0 spiro atoms. The molecule has 1 fully saturated rings. The number of rotatable bonds is 6. The molecule has 1 saturated heterocycles. The highest BCUT2D eigenvalue weighted by Crippen LogP contribution is 2.39. The topological polar surface area (TPSA) is 93.7 Å². The fourth-order valence-electron chi connectivity index (χ4n) is 5.96. The number of nitrogens with zero attached hydrogens (tertiary/aromatic N) is 6. The Morgan fingerprint density at radius 3 is 2.50 bits per heavy atom. The van der Waals surface area contributed by atoms with Crippen LogP contribution in [0.1, 0.15) is 70.6 Å². The summed E-state index contributed by atoms with van der Waals surface area (Å²) in [6, 6.07) is 7.91. The Kier molecular flexibility index (Phi) is 6.47. The highest BCUT2D eigenvalue weighted by Gasteiger charge is 2.39. The van der Waals surface area contributed by atoms with Crippen molar-refractivity contribution in [3.8, 4) is 16.9 Å². The molecule has 2 N–H and O–H groups in total. The van der Waals surface area contributed by atoms with E-state index in [9.17, 15) is 5.11 Å². The standard InChI is InChI=1S/C30H37N7O/c1-8-20(18-36-13-12-31-19(36)3)21-10-11-23(27(38)14-21)24-15-26-28(32-25(24)9-2)37(35-33-26)22-16-29(4,5)34-30(6,7)17-22/h8,10-15,18,22,34,38H,1,9,16-17H2,2-7H3/b20-18+. The Hall–Kier alpha value is -3.78. The summed E-state index contributed by atoms with van der Waals surface area (Å²) >= 11 is 0. The predicted molar refractivity (Wildman–Crippen MR) is 153 cm³/mol. The van der Waals surface area contributed by atoms with Gasteiger partial charge in [-0.05, 0) is 83.2 Å². The van der Waals surface area contributed by atoms with Crippen molar-refractivity contribution in [3.05, 3.63) is 66.4 Å². The molecule has 38 heavy (non-hydrogen) atoms. The molecule has 4 heterocycles. The third-order valence-corrected chi connectivity index (χ3v) is 7.36. The van der Waals surface area contributed by atoms with Crippen molar-refractivity contribution in [2.24, 2.45) is 0 Å². The number of aromatic nitrogens is 6. The quantitative estimate of drug-likeness (QED) is 0.312. The van der Waals surface area contributed by atoms with Crippen LogP contribution in [0.2, 0.25) is 0 Å². The van der Waals surface area contributed by atoms with Crippen LogP contribution >= 0.6 is 0 Å². The lowest BCUT2D eigenvalue weighted by molar-refractivity contribution is 0.127. The van der Waals surface area contributed by atoms with Crippen LogP contribution in [0, 0.1) is 6.92 Å². The number of phenolic OH excluding ortho intramolecular Hbond substituents is 1. The summed E-state index contributed by atoms with van der Waals surface area (Å²) in [4.78, 5) is 9.31. The van der Waals surface area contributed by atoms with Gasteiger partial charge in [0, 0.05) is 40.8 Å². The van der Waals surface area contributed by atoms with Gasteiger partial charge in [-0.2, -0.15) is 0 Å². The first-order valence-corrected chi connectivity index (χ1v) is 13.2. The molecule has 0 aliphatic carbocycles. The Balaban J connectivity index is 1.53. The maximum Gasteiger partial charge on any atom is 0.179 e. The number of hydrogen-bond acceptors (Lipinski definition) is 6. The number of imidazole rings is 1. The Morgan fingerprint density at radius 2 is 1.89 bits per heavy atom. The number of allylic oxidation sites excluding steroid dienone is 2. The average Bonchev–Trinajstić information content (AvgIpc) is 3.45. The van der Waals surface area contributed by atoms with Gasteiger partial charge >= 0.3 is 0 Å². The van der Waals surface area contributed by atoms with Gasteiger partial charge in [0.25, 0.3) is 0 Å². The number of phenols is 1. The molecule has 0 saturated carbocycles. The van der Waals surface area contributed by atoms with E-state index in [0.29, 0.717) is 0 Å².